The number of nitrogens with zero attached hydrogens (tertiary/aromatic N) is 1. The van der Waals surface area contributed by atoms with E-state index in [4.69, 9.17) is 4.99 Å². The van der Waals surface area contributed by atoms with Crippen molar-refractivity contribution in [1.82, 2.24) is 0 Å². The van der Waals surface area contributed by atoms with Gasteiger partial charge in [0.25, 0.3) is 0 Å². The van der Waals surface area contributed by atoms with Crippen molar-refractivity contribution in [2.45, 2.75) is 72.1 Å². The number of hydrogen-bond acceptors (Lipinski definition) is 3. The minimum absolute atomic E-state index is 0.0220. The molecule has 3 nitrogen and oxygen atoms in total. The fraction of sp³-hybridized carbons (Fsp3) is 0.481. The van der Waals surface area contributed by atoms with Gasteiger partial charge in [0.05, 0.1) is 5.57 Å². The first kappa shape index (κ1) is 22.3. The number of hydrogen-bond donors (Lipinski definition) is 1. The van der Waals surface area contributed by atoms with Crippen LogP contribution in [0.2, 0.25) is 0 Å². The van der Waals surface area contributed by atoms with E-state index in [2.05, 4.69) is 39.0 Å². The van der Waals surface area contributed by atoms with Crippen molar-refractivity contribution in [3.8, 4) is 0 Å². The van der Waals surface area contributed by atoms with Crippen LogP contribution in [0.3, 0.4) is 0 Å². The number of carbonyl (C=O) groups excluding carboxylic acids is 1. The standard InChI is InChI=1S/C27H35NO2/c1-4-5-6-7-10-16-28-23-18-27(2,3)19-25(30)26(23)24(29)17-21-14-11-13-20-12-8-9-15-22(20)21/h8-9,11-15,29H,4-7,10,16-19H2,1-3H3/b26-24+,28-23?. The molecule has 1 aliphatic carbocycles. The van der Waals surface area contributed by atoms with Gasteiger partial charge in [-0.3, -0.25) is 9.79 Å². The number of allylic oxidation sites excluding steroid dienone is 2. The molecule has 0 spiro atoms. The first-order valence-corrected chi connectivity index (χ1v) is 11.4. The molecule has 0 unspecified atom stereocenters. The smallest absolute Gasteiger partial charge is 0.168 e. The highest BCUT2D eigenvalue weighted by Crippen LogP contribution is 2.36. The van der Waals surface area contributed by atoms with Gasteiger partial charge in [-0.05, 0) is 34.6 Å². The molecule has 0 aliphatic heterocycles. The molecule has 0 saturated heterocycles. The predicted octanol–water partition coefficient (Wildman–Crippen LogP) is 6.99. The topological polar surface area (TPSA) is 49.7 Å². The third kappa shape index (κ3) is 5.59. The lowest BCUT2D eigenvalue weighted by molar-refractivity contribution is -0.117. The molecule has 30 heavy (non-hydrogen) atoms. The molecule has 1 fully saturated rings. The fourth-order valence-corrected chi connectivity index (χ4v) is 4.40. The summed E-state index contributed by atoms with van der Waals surface area (Å²) in [5.41, 5.74) is 2.19. The molecule has 1 saturated carbocycles. The molecule has 1 aliphatic rings. The third-order valence-electron chi connectivity index (χ3n) is 5.94. The lowest BCUT2D eigenvalue weighted by Crippen LogP contribution is -2.33. The Morgan fingerprint density at radius 3 is 2.53 bits per heavy atom. The minimum Gasteiger partial charge on any atom is -0.511 e. The molecule has 0 amide bonds. The molecule has 3 rings (SSSR count). The Hall–Kier alpha value is -2.42. The lowest BCUT2D eigenvalue weighted by Gasteiger charge is -2.31. The number of ketones is 1. The van der Waals surface area contributed by atoms with Crippen molar-refractivity contribution in [2.75, 3.05) is 6.54 Å². The van der Waals surface area contributed by atoms with Crippen molar-refractivity contribution in [3.05, 3.63) is 59.4 Å². The number of fused-ring (bicyclic) bond motifs is 1. The second kappa shape index (κ2) is 10.1. The van der Waals surface area contributed by atoms with Crippen LogP contribution in [0.4, 0.5) is 0 Å². The monoisotopic (exact) mass is 405 g/mol. The number of carbonyl (C=O) groups is 1. The summed E-state index contributed by atoms with van der Waals surface area (Å²) < 4.78 is 0. The number of benzene rings is 2. The highest BCUT2D eigenvalue weighted by atomic mass is 16.3. The van der Waals surface area contributed by atoms with Crippen molar-refractivity contribution in [2.24, 2.45) is 10.4 Å². The first-order chi connectivity index (χ1) is 14.4. The fourth-order valence-electron chi connectivity index (χ4n) is 4.40. The normalized spacial score (nSPS) is 19.4. The highest BCUT2D eigenvalue weighted by Gasteiger charge is 2.36. The zero-order valence-corrected chi connectivity index (χ0v) is 18.7. The molecule has 2 aromatic rings. The molecule has 0 aromatic heterocycles. The van der Waals surface area contributed by atoms with Gasteiger partial charge in [0.1, 0.15) is 5.76 Å². The number of aliphatic hydroxyl groups excluding tert-OH is 1. The quantitative estimate of drug-likeness (QED) is 0.292. The molecule has 0 heterocycles. The zero-order chi connectivity index (χ0) is 21.6. The van der Waals surface area contributed by atoms with E-state index in [1.54, 1.807) is 0 Å². The molecule has 3 heteroatoms. The van der Waals surface area contributed by atoms with Crippen LogP contribution in [0.5, 0.6) is 0 Å². The summed E-state index contributed by atoms with van der Waals surface area (Å²) in [6.07, 6.45) is 7.49. The lowest BCUT2D eigenvalue weighted by atomic mass is 9.73. The average Bonchev–Trinajstić information content (AvgIpc) is 2.69. The van der Waals surface area contributed by atoms with Gasteiger partial charge in [0.15, 0.2) is 5.78 Å². The summed E-state index contributed by atoms with van der Waals surface area (Å²) in [5, 5.41) is 13.3. The van der Waals surface area contributed by atoms with E-state index < -0.39 is 0 Å². The molecule has 0 radical (unpaired) electrons. The van der Waals surface area contributed by atoms with Crippen molar-refractivity contribution in [1.29, 1.82) is 0 Å². The van der Waals surface area contributed by atoms with Crippen molar-refractivity contribution >= 4 is 22.3 Å². The summed E-state index contributed by atoms with van der Waals surface area (Å²) in [6, 6.07) is 14.3. The van der Waals surface area contributed by atoms with Gasteiger partial charge >= 0.3 is 0 Å². The Kier molecular flexibility index (Phi) is 7.47. The number of aliphatic hydroxyl groups is 1. The number of rotatable bonds is 8. The Bertz CT molecular complexity index is 947. The van der Waals surface area contributed by atoms with Crippen LogP contribution in [0, 0.1) is 5.41 Å². The molecular weight excluding hydrogens is 370 g/mol. The van der Waals surface area contributed by atoms with Gasteiger partial charge in [-0.15, -0.1) is 0 Å². The first-order valence-electron chi connectivity index (χ1n) is 11.4. The molecular formula is C27H35NO2. The van der Waals surface area contributed by atoms with Crippen LogP contribution in [-0.2, 0) is 11.2 Å². The SMILES string of the molecule is CCCCCCCN=C1CC(C)(C)CC(=O)/C1=C(/O)Cc1cccc2ccccc12. The maximum atomic E-state index is 13.0. The number of unbranched alkanes of at least 4 members (excludes halogenated alkanes) is 4. The van der Waals surface area contributed by atoms with Crippen LogP contribution in [-0.4, -0.2) is 23.1 Å². The molecule has 160 valence electrons. The summed E-state index contributed by atoms with van der Waals surface area (Å²) in [5.74, 6) is 0.185. The van der Waals surface area contributed by atoms with E-state index in [9.17, 15) is 9.90 Å². The number of aliphatic imine (C=N–C) groups is 1. The van der Waals surface area contributed by atoms with E-state index in [1.165, 1.54) is 25.7 Å². The van der Waals surface area contributed by atoms with Crippen LogP contribution in [0.25, 0.3) is 10.8 Å². The van der Waals surface area contributed by atoms with E-state index >= 15 is 0 Å². The van der Waals surface area contributed by atoms with Gasteiger partial charge in [-0.2, -0.15) is 0 Å². The Balaban J connectivity index is 1.86. The van der Waals surface area contributed by atoms with Crippen molar-refractivity contribution < 1.29 is 9.90 Å². The molecule has 1 N–H and O–H groups in total. The van der Waals surface area contributed by atoms with Crippen LogP contribution in [0.15, 0.2) is 58.8 Å². The summed E-state index contributed by atoms with van der Waals surface area (Å²) in [7, 11) is 0. The Morgan fingerprint density at radius 2 is 1.73 bits per heavy atom. The van der Waals surface area contributed by atoms with Gasteiger partial charge in [-0.1, -0.05) is 88.9 Å². The van der Waals surface area contributed by atoms with Gasteiger partial charge in [0.2, 0.25) is 0 Å². The second-order valence-corrected chi connectivity index (χ2v) is 9.32. The largest absolute Gasteiger partial charge is 0.511 e. The second-order valence-electron chi connectivity index (χ2n) is 9.32. The maximum Gasteiger partial charge on any atom is 0.168 e. The minimum atomic E-state index is -0.110. The molecule has 0 bridgehead atoms. The number of Topliss-reactive ketones (excluding diaryl/α,β-unsaturated/α-hetero) is 1. The Morgan fingerprint density at radius 1 is 1.00 bits per heavy atom. The van der Waals surface area contributed by atoms with Crippen molar-refractivity contribution in [3.63, 3.8) is 0 Å². The zero-order valence-electron chi connectivity index (χ0n) is 18.7. The Labute approximate surface area is 180 Å². The van der Waals surface area contributed by atoms with Gasteiger partial charge in [0, 0.05) is 25.1 Å². The summed E-state index contributed by atoms with van der Waals surface area (Å²) >= 11 is 0. The average molecular weight is 406 g/mol. The molecule has 2 aromatic carbocycles. The summed E-state index contributed by atoms with van der Waals surface area (Å²) in [4.78, 5) is 17.8. The highest BCUT2D eigenvalue weighted by molar-refractivity contribution is 6.24. The van der Waals surface area contributed by atoms with E-state index in [0.717, 1.165) is 41.4 Å². The van der Waals surface area contributed by atoms with E-state index in [-0.39, 0.29) is 17.0 Å². The maximum absolute atomic E-state index is 13.0. The van der Waals surface area contributed by atoms with Gasteiger partial charge < -0.3 is 5.11 Å². The van der Waals surface area contributed by atoms with Crippen LogP contribution >= 0.6 is 0 Å². The van der Waals surface area contributed by atoms with Gasteiger partial charge in [-0.25, -0.2) is 0 Å². The molecule has 0 atom stereocenters. The van der Waals surface area contributed by atoms with E-state index in [1.807, 2.05) is 24.3 Å². The van der Waals surface area contributed by atoms with Crippen LogP contribution in [0.1, 0.15) is 71.3 Å². The van der Waals surface area contributed by atoms with E-state index in [0.29, 0.717) is 18.4 Å². The summed E-state index contributed by atoms with van der Waals surface area (Å²) in [6.45, 7) is 7.17. The third-order valence-corrected chi connectivity index (χ3v) is 5.94. The predicted molar refractivity (Wildman–Crippen MR) is 126 cm³/mol. The van der Waals surface area contributed by atoms with Crippen LogP contribution < -0.4 is 0 Å².